The van der Waals surface area contributed by atoms with Crippen LogP contribution in [0.3, 0.4) is 0 Å². The molecule has 0 fully saturated rings. The molecule has 0 amide bonds. The van der Waals surface area contributed by atoms with Crippen LogP contribution in [0.25, 0.3) is 5.69 Å². The van der Waals surface area contributed by atoms with Crippen LogP contribution in [0.5, 0.6) is 0 Å². The Kier molecular flexibility index (Phi) is 4.05. The lowest BCUT2D eigenvalue weighted by Gasteiger charge is -2.01. The van der Waals surface area contributed by atoms with Gasteiger partial charge in [-0.25, -0.2) is 4.99 Å². The smallest absolute Gasteiger partial charge is 0.409 e. The first-order chi connectivity index (χ1) is 11.5. The molecule has 0 spiro atoms. The zero-order valence-corrected chi connectivity index (χ0v) is 13.3. The maximum absolute atomic E-state index is 11.3. The fraction of sp³-hybridized carbons (Fsp3) is 0.0667. The van der Waals surface area contributed by atoms with Crippen molar-refractivity contribution in [3.8, 4) is 5.69 Å². The second kappa shape index (κ2) is 6.17. The van der Waals surface area contributed by atoms with Gasteiger partial charge in [-0.05, 0) is 46.5 Å². The molecule has 3 rings (SSSR count). The number of nitrogens with zero attached hydrogens (tertiary/aromatic N) is 5. The van der Waals surface area contributed by atoms with Crippen molar-refractivity contribution in [1.82, 2.24) is 14.7 Å². The van der Waals surface area contributed by atoms with Gasteiger partial charge in [-0.2, -0.15) is 0 Å². The maximum Gasteiger partial charge on any atom is 0.438 e. The summed E-state index contributed by atoms with van der Waals surface area (Å²) in [6.45, 7) is 1.73. The Hall–Kier alpha value is -3.13. The van der Waals surface area contributed by atoms with E-state index >= 15 is 0 Å². The number of rotatable bonds is 3. The van der Waals surface area contributed by atoms with Crippen LogP contribution in [0, 0.1) is 17.0 Å². The zero-order valence-electron chi connectivity index (χ0n) is 12.5. The molecule has 24 heavy (non-hydrogen) atoms. The van der Waals surface area contributed by atoms with E-state index in [0.29, 0.717) is 26.8 Å². The van der Waals surface area contributed by atoms with Crippen LogP contribution in [0.4, 0.5) is 11.5 Å². The molecule has 9 heteroatoms. The molecule has 0 aliphatic heterocycles. The number of aromatic nitrogens is 3. The van der Waals surface area contributed by atoms with E-state index in [1.807, 2.05) is 0 Å². The van der Waals surface area contributed by atoms with Gasteiger partial charge in [-0.1, -0.05) is 40.7 Å². The van der Waals surface area contributed by atoms with E-state index in [2.05, 4.69) is 10.1 Å². The fourth-order valence-electron chi connectivity index (χ4n) is 2.13. The average Bonchev–Trinajstić information content (AvgIpc) is 2.90. The highest BCUT2D eigenvalue weighted by atomic mass is 35.5. The third kappa shape index (κ3) is 2.74. The monoisotopic (exact) mass is 345 g/mol. The molecule has 0 saturated carbocycles. The van der Waals surface area contributed by atoms with E-state index in [0.717, 1.165) is 4.80 Å². The number of hydrogen-bond acceptors (Lipinski definition) is 5. The molecular weight excluding hydrogens is 334 g/mol. The number of nitro groups is 1. The van der Waals surface area contributed by atoms with Gasteiger partial charge in [-0.3, -0.25) is 0 Å². The van der Waals surface area contributed by atoms with Crippen molar-refractivity contribution in [3.63, 3.8) is 0 Å². The van der Waals surface area contributed by atoms with Crippen LogP contribution in [0.1, 0.15) is 5.56 Å². The summed E-state index contributed by atoms with van der Waals surface area (Å²) >= 11 is 6.04. The minimum atomic E-state index is -0.703. The van der Waals surface area contributed by atoms with Gasteiger partial charge in [0.1, 0.15) is 5.69 Å². The summed E-state index contributed by atoms with van der Waals surface area (Å²) in [5.41, 5.74) is 1.20. The Morgan fingerprint density at radius 3 is 2.58 bits per heavy atom. The molecule has 0 bridgehead atoms. The van der Waals surface area contributed by atoms with Gasteiger partial charge < -0.3 is 15.3 Å². The Morgan fingerprint density at radius 1 is 1.21 bits per heavy atom. The van der Waals surface area contributed by atoms with E-state index < -0.39 is 10.7 Å². The second-order valence-electron chi connectivity index (χ2n) is 4.91. The van der Waals surface area contributed by atoms with E-state index in [4.69, 9.17) is 11.6 Å². The highest BCUT2D eigenvalue weighted by Gasteiger charge is 2.24. The lowest BCUT2D eigenvalue weighted by molar-refractivity contribution is -0.391. The van der Waals surface area contributed by atoms with Gasteiger partial charge in [0, 0.05) is 5.02 Å². The SMILES string of the molecule is Cc1c(Cl)cccc1N=c1c([N+](=O)[O-])nn(-c2ccccc2)n1O. The van der Waals surface area contributed by atoms with Crippen molar-refractivity contribution in [1.29, 1.82) is 0 Å². The van der Waals surface area contributed by atoms with Crippen LogP contribution >= 0.6 is 11.6 Å². The summed E-state index contributed by atoms with van der Waals surface area (Å²) < 4.78 is 0. The molecule has 0 unspecified atom stereocenters. The van der Waals surface area contributed by atoms with Gasteiger partial charge in [0.25, 0.3) is 5.49 Å². The summed E-state index contributed by atoms with van der Waals surface area (Å²) in [6, 6.07) is 13.5. The molecule has 1 N–H and O–H groups in total. The largest absolute Gasteiger partial charge is 0.438 e. The summed E-state index contributed by atoms with van der Waals surface area (Å²) in [4.78, 5) is 16.3. The minimum absolute atomic E-state index is 0.297. The van der Waals surface area contributed by atoms with Crippen LogP contribution in [0.2, 0.25) is 5.02 Å². The van der Waals surface area contributed by atoms with Gasteiger partial charge in [0.05, 0.1) is 10.8 Å². The third-order valence-electron chi connectivity index (χ3n) is 3.38. The summed E-state index contributed by atoms with van der Waals surface area (Å²) in [7, 11) is 0. The Bertz CT molecular complexity index is 979. The van der Waals surface area contributed by atoms with Crippen molar-refractivity contribution in [2.24, 2.45) is 4.99 Å². The molecule has 1 heterocycles. The summed E-state index contributed by atoms with van der Waals surface area (Å²) in [5, 5.41) is 25.9. The highest BCUT2D eigenvalue weighted by molar-refractivity contribution is 6.31. The first kappa shape index (κ1) is 15.8. The van der Waals surface area contributed by atoms with Gasteiger partial charge in [0.2, 0.25) is 0 Å². The predicted molar refractivity (Wildman–Crippen MR) is 86.8 cm³/mol. The quantitative estimate of drug-likeness (QED) is 0.448. The molecule has 3 aromatic rings. The molecule has 0 aliphatic carbocycles. The van der Waals surface area contributed by atoms with Gasteiger partial charge in [-0.15, -0.1) is 0 Å². The Labute approximate surface area is 141 Å². The number of para-hydroxylation sites is 1. The lowest BCUT2D eigenvalue weighted by atomic mass is 10.2. The van der Waals surface area contributed by atoms with E-state index in [1.165, 1.54) is 0 Å². The number of benzene rings is 2. The molecular formula is C15H12ClN5O3. The second-order valence-corrected chi connectivity index (χ2v) is 5.32. The van der Waals surface area contributed by atoms with Crippen LogP contribution < -0.4 is 5.49 Å². The van der Waals surface area contributed by atoms with E-state index in [1.54, 1.807) is 55.5 Å². The molecule has 2 aromatic carbocycles. The standard InChI is InChI=1S/C15H12ClN5O3/c1-10-12(16)8-5-9-13(10)17-14-15(21(23)24)18-19(20(14)22)11-6-3-2-4-7-11/h2-9,22H,1H3. The molecule has 0 saturated heterocycles. The van der Waals surface area contributed by atoms with Crippen molar-refractivity contribution in [2.45, 2.75) is 6.92 Å². The zero-order chi connectivity index (χ0) is 17.3. The molecule has 8 nitrogen and oxygen atoms in total. The van der Waals surface area contributed by atoms with Crippen LogP contribution in [-0.2, 0) is 0 Å². The number of hydrogen-bond donors (Lipinski definition) is 1. The molecule has 1 aromatic heterocycles. The van der Waals surface area contributed by atoms with Gasteiger partial charge in [0.15, 0.2) is 0 Å². The first-order valence-electron chi connectivity index (χ1n) is 6.90. The van der Waals surface area contributed by atoms with Crippen molar-refractivity contribution < 1.29 is 10.1 Å². The van der Waals surface area contributed by atoms with E-state index in [9.17, 15) is 15.3 Å². The van der Waals surface area contributed by atoms with E-state index in [-0.39, 0.29) is 5.49 Å². The highest BCUT2D eigenvalue weighted by Crippen LogP contribution is 2.25. The molecule has 0 radical (unpaired) electrons. The third-order valence-corrected chi connectivity index (χ3v) is 3.79. The van der Waals surface area contributed by atoms with Crippen LogP contribution in [0.15, 0.2) is 53.5 Å². The predicted octanol–water partition coefficient (Wildman–Crippen LogP) is 3.01. The molecule has 122 valence electrons. The summed E-state index contributed by atoms with van der Waals surface area (Å²) in [6.07, 6.45) is 0. The van der Waals surface area contributed by atoms with Crippen LogP contribution in [-0.4, -0.2) is 24.9 Å². The van der Waals surface area contributed by atoms with Gasteiger partial charge >= 0.3 is 5.82 Å². The maximum atomic E-state index is 11.3. The average molecular weight is 346 g/mol. The minimum Gasteiger partial charge on any atom is -0.409 e. The molecule has 0 atom stereocenters. The topological polar surface area (TPSA) is 98.5 Å². The lowest BCUT2D eigenvalue weighted by Crippen LogP contribution is -2.22. The Balaban J connectivity index is 2.28. The normalized spacial score (nSPS) is 11.7. The summed E-state index contributed by atoms with van der Waals surface area (Å²) in [5.74, 6) is -0.569. The van der Waals surface area contributed by atoms with Crippen molar-refractivity contribution in [2.75, 3.05) is 0 Å². The Morgan fingerprint density at radius 2 is 1.92 bits per heavy atom. The van der Waals surface area contributed by atoms with Crippen molar-refractivity contribution >= 4 is 23.1 Å². The first-order valence-corrected chi connectivity index (χ1v) is 7.28. The van der Waals surface area contributed by atoms with Crippen molar-refractivity contribution in [3.05, 3.63) is 74.7 Å². The number of halogens is 1. The molecule has 0 aliphatic rings. The fourth-order valence-corrected chi connectivity index (χ4v) is 2.30.